The zero-order chi connectivity index (χ0) is 18.5. The summed E-state index contributed by atoms with van der Waals surface area (Å²) in [5.41, 5.74) is 0.429. The lowest BCUT2D eigenvalue weighted by Gasteiger charge is -2.14. The van der Waals surface area contributed by atoms with Crippen LogP contribution in [0.3, 0.4) is 0 Å². The van der Waals surface area contributed by atoms with Gasteiger partial charge in [-0.25, -0.2) is 4.79 Å². The van der Waals surface area contributed by atoms with Crippen molar-refractivity contribution in [2.24, 2.45) is 0 Å². The fraction of sp³-hybridized carbons (Fsp3) is 0.632. The fourth-order valence-corrected chi connectivity index (χ4v) is 3.57. The maximum atomic E-state index is 11.8. The van der Waals surface area contributed by atoms with Gasteiger partial charge in [-0.2, -0.15) is 8.42 Å². The Hall–Kier alpha value is -1.40. The van der Waals surface area contributed by atoms with Crippen LogP contribution >= 0.6 is 0 Å². The van der Waals surface area contributed by atoms with Crippen LogP contribution in [0.25, 0.3) is 0 Å². The fourth-order valence-electron chi connectivity index (χ4n) is 2.71. The molecule has 1 atom stereocenters. The highest BCUT2D eigenvalue weighted by Crippen LogP contribution is 2.16. The Morgan fingerprint density at radius 3 is 2.20 bits per heavy atom. The molecule has 0 fully saturated rings. The minimum absolute atomic E-state index is 0.0192. The molecule has 1 rings (SSSR count). The Morgan fingerprint density at radius 2 is 1.60 bits per heavy atom. The van der Waals surface area contributed by atoms with Crippen LogP contribution in [-0.2, 0) is 14.9 Å². The Labute approximate surface area is 151 Å². The van der Waals surface area contributed by atoms with E-state index in [4.69, 9.17) is 4.74 Å². The van der Waals surface area contributed by atoms with Crippen LogP contribution in [0.4, 0.5) is 0 Å². The molecular weight excluding hydrogens is 340 g/mol. The first-order valence-corrected chi connectivity index (χ1v) is 10.6. The summed E-state index contributed by atoms with van der Waals surface area (Å²) in [6.07, 6.45) is 8.13. The molecule has 5 nitrogen and oxygen atoms in total. The molecule has 142 valence electrons. The quantitative estimate of drug-likeness (QED) is 0.311. The molecule has 0 heterocycles. The molecule has 0 saturated heterocycles. The highest BCUT2D eigenvalue weighted by Gasteiger charge is 2.23. The van der Waals surface area contributed by atoms with Crippen molar-refractivity contribution in [3.05, 3.63) is 35.9 Å². The standard InChI is InChI=1S/C19H30O5S/c1-2-3-4-5-6-7-11-14-18(25(21,22)23)15-16-24-19(20)17-12-9-8-10-13-17/h8-10,12-13,18H,2-7,11,14-16H2,1H3,(H,21,22,23). The molecule has 0 aliphatic heterocycles. The summed E-state index contributed by atoms with van der Waals surface area (Å²) in [6.45, 7) is 2.15. The Balaban J connectivity index is 2.30. The molecule has 25 heavy (non-hydrogen) atoms. The summed E-state index contributed by atoms with van der Waals surface area (Å²) >= 11 is 0. The number of unbranched alkanes of at least 4 members (excludes halogenated alkanes) is 6. The summed E-state index contributed by atoms with van der Waals surface area (Å²) in [7, 11) is -4.12. The zero-order valence-corrected chi connectivity index (χ0v) is 15.8. The molecule has 0 spiro atoms. The number of ether oxygens (including phenoxy) is 1. The molecule has 0 aromatic heterocycles. The van der Waals surface area contributed by atoms with Crippen molar-refractivity contribution in [3.8, 4) is 0 Å². The number of carbonyl (C=O) groups is 1. The second-order valence-electron chi connectivity index (χ2n) is 6.34. The molecule has 0 saturated carbocycles. The third-order valence-electron chi connectivity index (χ3n) is 4.23. The lowest BCUT2D eigenvalue weighted by atomic mass is 10.1. The molecule has 1 unspecified atom stereocenters. The predicted octanol–water partition coefficient (Wildman–Crippen LogP) is 4.63. The van der Waals surface area contributed by atoms with Crippen molar-refractivity contribution < 1.29 is 22.5 Å². The van der Waals surface area contributed by atoms with Gasteiger partial charge in [-0.3, -0.25) is 4.55 Å². The van der Waals surface area contributed by atoms with Gasteiger partial charge in [-0.05, 0) is 18.6 Å². The lowest BCUT2D eigenvalue weighted by Crippen LogP contribution is -2.23. The average Bonchev–Trinajstić information content (AvgIpc) is 2.59. The van der Waals surface area contributed by atoms with Crippen LogP contribution in [0.15, 0.2) is 30.3 Å². The molecule has 0 aliphatic rings. The maximum absolute atomic E-state index is 11.8. The highest BCUT2D eigenvalue weighted by molar-refractivity contribution is 7.86. The van der Waals surface area contributed by atoms with Crippen LogP contribution in [0.5, 0.6) is 0 Å². The molecule has 0 aliphatic carbocycles. The zero-order valence-electron chi connectivity index (χ0n) is 15.0. The average molecular weight is 371 g/mol. The molecule has 1 aromatic rings. The summed E-state index contributed by atoms with van der Waals surface area (Å²) < 4.78 is 37.5. The van der Waals surface area contributed by atoms with Gasteiger partial charge in [-0.15, -0.1) is 0 Å². The number of hydrogen-bond acceptors (Lipinski definition) is 4. The van der Waals surface area contributed by atoms with Crippen LogP contribution in [0.1, 0.15) is 75.1 Å². The van der Waals surface area contributed by atoms with E-state index in [0.29, 0.717) is 12.0 Å². The van der Waals surface area contributed by atoms with E-state index >= 15 is 0 Å². The summed E-state index contributed by atoms with van der Waals surface area (Å²) in [4.78, 5) is 11.8. The van der Waals surface area contributed by atoms with E-state index in [2.05, 4.69) is 6.92 Å². The van der Waals surface area contributed by atoms with E-state index < -0.39 is 21.3 Å². The molecule has 0 amide bonds. The van der Waals surface area contributed by atoms with Crippen molar-refractivity contribution in [2.45, 2.75) is 70.0 Å². The SMILES string of the molecule is CCCCCCCCCC(CCOC(=O)c1ccccc1)S(=O)(=O)O. The highest BCUT2D eigenvalue weighted by atomic mass is 32.2. The van der Waals surface area contributed by atoms with E-state index in [1.165, 1.54) is 25.7 Å². The molecular formula is C19H30O5S. The van der Waals surface area contributed by atoms with Gasteiger partial charge in [0.15, 0.2) is 0 Å². The van der Waals surface area contributed by atoms with Crippen molar-refractivity contribution in [2.75, 3.05) is 6.61 Å². The first-order chi connectivity index (χ1) is 11.9. The molecule has 0 bridgehead atoms. The molecule has 0 radical (unpaired) electrons. The predicted molar refractivity (Wildman–Crippen MR) is 99.3 cm³/mol. The number of hydrogen-bond donors (Lipinski definition) is 1. The van der Waals surface area contributed by atoms with Crippen LogP contribution < -0.4 is 0 Å². The van der Waals surface area contributed by atoms with Gasteiger partial charge >= 0.3 is 5.97 Å². The van der Waals surface area contributed by atoms with Crippen molar-refractivity contribution in [1.82, 2.24) is 0 Å². The van der Waals surface area contributed by atoms with Gasteiger partial charge < -0.3 is 4.74 Å². The Kier molecular flexibility index (Phi) is 10.4. The van der Waals surface area contributed by atoms with Crippen molar-refractivity contribution >= 4 is 16.1 Å². The van der Waals surface area contributed by atoms with E-state index in [1.54, 1.807) is 30.3 Å². The van der Waals surface area contributed by atoms with Crippen molar-refractivity contribution in [1.29, 1.82) is 0 Å². The number of carbonyl (C=O) groups excluding carboxylic acids is 1. The van der Waals surface area contributed by atoms with E-state index in [0.717, 1.165) is 19.3 Å². The number of benzene rings is 1. The van der Waals surface area contributed by atoms with Crippen LogP contribution in [0.2, 0.25) is 0 Å². The van der Waals surface area contributed by atoms with E-state index in [-0.39, 0.29) is 13.0 Å². The second-order valence-corrected chi connectivity index (χ2v) is 8.03. The third-order valence-corrected chi connectivity index (χ3v) is 5.55. The second kappa shape index (κ2) is 12.0. The minimum atomic E-state index is -4.12. The van der Waals surface area contributed by atoms with Gasteiger partial charge in [0.25, 0.3) is 10.1 Å². The normalized spacial score (nSPS) is 12.7. The molecule has 1 aromatic carbocycles. The summed E-state index contributed by atoms with van der Waals surface area (Å²) in [5, 5.41) is -0.869. The van der Waals surface area contributed by atoms with Gasteiger partial charge in [-0.1, -0.05) is 70.1 Å². The van der Waals surface area contributed by atoms with Gasteiger partial charge in [0, 0.05) is 6.42 Å². The summed E-state index contributed by atoms with van der Waals surface area (Å²) in [5.74, 6) is -0.481. The third kappa shape index (κ3) is 9.60. The Bertz CT molecular complexity index is 583. The van der Waals surface area contributed by atoms with E-state index in [9.17, 15) is 17.8 Å². The van der Waals surface area contributed by atoms with Gasteiger partial charge in [0.05, 0.1) is 17.4 Å². The molecule has 1 N–H and O–H groups in total. The largest absolute Gasteiger partial charge is 0.462 e. The first-order valence-electron chi connectivity index (χ1n) is 9.13. The van der Waals surface area contributed by atoms with Gasteiger partial charge in [0.1, 0.15) is 0 Å². The lowest BCUT2D eigenvalue weighted by molar-refractivity contribution is 0.0497. The minimum Gasteiger partial charge on any atom is -0.462 e. The smallest absolute Gasteiger partial charge is 0.338 e. The van der Waals surface area contributed by atoms with Crippen LogP contribution in [0, 0.1) is 0 Å². The van der Waals surface area contributed by atoms with Gasteiger partial charge in [0.2, 0.25) is 0 Å². The topological polar surface area (TPSA) is 80.7 Å². The number of rotatable bonds is 13. The Morgan fingerprint density at radius 1 is 1.00 bits per heavy atom. The molecule has 6 heteroatoms. The first kappa shape index (κ1) is 21.6. The maximum Gasteiger partial charge on any atom is 0.338 e. The van der Waals surface area contributed by atoms with Crippen molar-refractivity contribution in [3.63, 3.8) is 0 Å². The monoisotopic (exact) mass is 370 g/mol. The van der Waals surface area contributed by atoms with Crippen LogP contribution in [-0.4, -0.2) is 30.8 Å². The van der Waals surface area contributed by atoms with E-state index in [1.807, 2.05) is 0 Å². The summed E-state index contributed by atoms with van der Waals surface area (Å²) in [6, 6.07) is 8.55. The number of esters is 1.